The Bertz CT molecular complexity index is 1160. The van der Waals surface area contributed by atoms with Crippen LogP contribution < -0.4 is 0 Å². The number of rotatable bonds is 10. The summed E-state index contributed by atoms with van der Waals surface area (Å²) < 4.78 is 2.17. The maximum Gasteiger partial charge on any atom is 0.253 e. The lowest BCUT2D eigenvalue weighted by atomic mass is 9.77. The van der Waals surface area contributed by atoms with Gasteiger partial charge in [0.15, 0.2) is 0 Å². The minimum Gasteiger partial charge on any atom is -0.348 e. The first-order valence-corrected chi connectivity index (χ1v) is 14.3. The minimum absolute atomic E-state index is 0.179. The van der Waals surface area contributed by atoms with Gasteiger partial charge in [0, 0.05) is 56.0 Å². The fourth-order valence-electron chi connectivity index (χ4n) is 6.39. The molecule has 0 bridgehead atoms. The Balaban J connectivity index is 1.14. The Kier molecular flexibility index (Phi) is 8.29. The monoisotopic (exact) mass is 517 g/mol. The van der Waals surface area contributed by atoms with E-state index in [4.69, 9.17) is 0 Å². The van der Waals surface area contributed by atoms with Crippen LogP contribution in [0.4, 0.5) is 0 Å². The highest BCUT2D eigenvalue weighted by Crippen LogP contribution is 2.41. The number of likely N-dealkylation sites (tertiary alicyclic amines) is 2. The van der Waals surface area contributed by atoms with Crippen LogP contribution in [-0.4, -0.2) is 79.4 Å². The van der Waals surface area contributed by atoms with Crippen molar-refractivity contribution < 1.29 is 4.79 Å². The maximum absolute atomic E-state index is 13.4. The number of aromatic nitrogens is 4. The van der Waals surface area contributed by atoms with Gasteiger partial charge in [-0.15, -0.1) is 0 Å². The summed E-state index contributed by atoms with van der Waals surface area (Å²) in [6, 6.07) is 8.88. The molecule has 1 aromatic carbocycles. The molecule has 0 unspecified atom stereocenters. The highest BCUT2D eigenvalue weighted by atomic mass is 16.2. The summed E-state index contributed by atoms with van der Waals surface area (Å²) in [4.78, 5) is 32.4. The summed E-state index contributed by atoms with van der Waals surface area (Å²) in [7, 11) is 2.07. The van der Waals surface area contributed by atoms with E-state index in [9.17, 15) is 4.79 Å². The average molecular weight is 518 g/mol. The minimum atomic E-state index is 0.179. The molecule has 0 atom stereocenters. The van der Waals surface area contributed by atoms with Gasteiger partial charge in [-0.25, -0.2) is 9.97 Å². The lowest BCUT2D eigenvalue weighted by Crippen LogP contribution is -2.46. The highest BCUT2D eigenvalue weighted by Gasteiger charge is 2.42. The molecule has 2 aliphatic rings. The molecule has 0 aliphatic carbocycles. The largest absolute Gasteiger partial charge is 0.348 e. The average Bonchev–Trinajstić information content (AvgIpc) is 3.69. The van der Waals surface area contributed by atoms with Crippen molar-refractivity contribution in [1.29, 1.82) is 0 Å². The molecule has 1 N–H and O–H groups in total. The van der Waals surface area contributed by atoms with Gasteiger partial charge in [0.25, 0.3) is 5.91 Å². The molecule has 204 valence electrons. The summed E-state index contributed by atoms with van der Waals surface area (Å²) in [5, 5.41) is 0. The van der Waals surface area contributed by atoms with Gasteiger partial charge in [0.05, 0.1) is 13.1 Å². The van der Waals surface area contributed by atoms with E-state index in [0.717, 1.165) is 56.4 Å². The van der Waals surface area contributed by atoms with Crippen LogP contribution in [0, 0.1) is 5.41 Å². The summed E-state index contributed by atoms with van der Waals surface area (Å²) in [5.74, 6) is 2.14. The zero-order valence-electron chi connectivity index (χ0n) is 23.3. The molecule has 1 amide bonds. The summed E-state index contributed by atoms with van der Waals surface area (Å²) in [6.07, 6.45) is 13.5. The third-order valence-electron chi connectivity index (χ3n) is 8.78. The molecule has 0 radical (unpaired) electrons. The third-order valence-corrected chi connectivity index (χ3v) is 8.78. The zero-order chi connectivity index (χ0) is 26.5. The molecule has 2 aromatic heterocycles. The highest BCUT2D eigenvalue weighted by molar-refractivity contribution is 5.94. The van der Waals surface area contributed by atoms with E-state index in [2.05, 4.69) is 67.2 Å². The fourth-order valence-corrected chi connectivity index (χ4v) is 6.39. The van der Waals surface area contributed by atoms with Crippen LogP contribution in [0.2, 0.25) is 0 Å². The second-order valence-corrected chi connectivity index (χ2v) is 11.4. The van der Waals surface area contributed by atoms with Gasteiger partial charge in [-0.1, -0.05) is 26.0 Å². The van der Waals surface area contributed by atoms with Crippen molar-refractivity contribution in [2.24, 2.45) is 5.41 Å². The third kappa shape index (κ3) is 6.02. The number of amides is 1. The molecular formula is C30H43N7O. The second kappa shape index (κ2) is 11.8. The van der Waals surface area contributed by atoms with Crippen LogP contribution in [0.3, 0.4) is 0 Å². The van der Waals surface area contributed by atoms with Gasteiger partial charge in [0.1, 0.15) is 11.6 Å². The van der Waals surface area contributed by atoms with Crippen molar-refractivity contribution in [1.82, 2.24) is 34.2 Å². The lowest BCUT2D eigenvalue weighted by Gasteiger charge is -2.42. The topological polar surface area (TPSA) is 73.3 Å². The predicted molar refractivity (Wildman–Crippen MR) is 150 cm³/mol. The van der Waals surface area contributed by atoms with Crippen molar-refractivity contribution in [3.63, 3.8) is 0 Å². The van der Waals surface area contributed by atoms with Crippen LogP contribution in [0.1, 0.15) is 73.5 Å². The van der Waals surface area contributed by atoms with E-state index < -0.39 is 0 Å². The van der Waals surface area contributed by atoms with E-state index >= 15 is 0 Å². The normalized spacial score (nSPS) is 17.8. The van der Waals surface area contributed by atoms with Gasteiger partial charge < -0.3 is 19.4 Å². The van der Waals surface area contributed by atoms with Crippen molar-refractivity contribution in [3.8, 4) is 0 Å². The van der Waals surface area contributed by atoms with Crippen LogP contribution in [0.25, 0.3) is 0 Å². The molecule has 8 heteroatoms. The molecule has 2 aliphatic heterocycles. The van der Waals surface area contributed by atoms with Crippen LogP contribution >= 0.6 is 0 Å². The zero-order valence-corrected chi connectivity index (χ0v) is 23.3. The molecule has 0 saturated carbocycles. The standard InChI is InChI=1S/C30H43N7O/c1-4-26(5-2)35-16-10-30(11-17-35)12-18-37(23-30)29(38)25-8-6-24(7-9-25)20-36-19-15-33-28(36)22-34(3)21-27-31-13-14-32-27/h6-9,13-15,19,26H,4-5,10-12,16-18,20-23H2,1-3H3,(H,31,32). The number of piperidine rings is 1. The molecule has 2 saturated heterocycles. The predicted octanol–water partition coefficient (Wildman–Crippen LogP) is 4.40. The molecule has 1 spiro atoms. The van der Waals surface area contributed by atoms with E-state index in [1.54, 1.807) is 6.20 Å². The quantitative estimate of drug-likeness (QED) is 0.432. The molecular weight excluding hydrogens is 474 g/mol. The van der Waals surface area contributed by atoms with Crippen molar-refractivity contribution in [3.05, 3.63) is 71.8 Å². The van der Waals surface area contributed by atoms with E-state index in [1.165, 1.54) is 44.3 Å². The lowest BCUT2D eigenvalue weighted by molar-refractivity contribution is 0.0629. The summed E-state index contributed by atoms with van der Waals surface area (Å²) in [5.41, 5.74) is 2.28. The number of benzene rings is 1. The number of nitrogens with one attached hydrogen (secondary N) is 1. The number of hydrogen-bond acceptors (Lipinski definition) is 5. The molecule has 38 heavy (non-hydrogen) atoms. The van der Waals surface area contributed by atoms with Crippen molar-refractivity contribution in [2.45, 2.75) is 71.6 Å². The van der Waals surface area contributed by atoms with Gasteiger partial charge in [-0.2, -0.15) is 0 Å². The van der Waals surface area contributed by atoms with Gasteiger partial charge >= 0.3 is 0 Å². The smallest absolute Gasteiger partial charge is 0.253 e. The second-order valence-electron chi connectivity index (χ2n) is 11.4. The van der Waals surface area contributed by atoms with E-state index in [-0.39, 0.29) is 5.91 Å². The molecule has 3 aromatic rings. The number of carbonyl (C=O) groups excluding carboxylic acids is 1. The summed E-state index contributed by atoms with van der Waals surface area (Å²) >= 11 is 0. The Morgan fingerprint density at radius 3 is 2.45 bits per heavy atom. The Labute approximate surface area is 227 Å². The van der Waals surface area contributed by atoms with E-state index in [0.29, 0.717) is 11.5 Å². The Morgan fingerprint density at radius 2 is 1.76 bits per heavy atom. The molecule has 4 heterocycles. The van der Waals surface area contributed by atoms with Crippen LogP contribution in [-0.2, 0) is 19.6 Å². The Morgan fingerprint density at radius 1 is 1.03 bits per heavy atom. The number of nitrogens with zero attached hydrogens (tertiary/aromatic N) is 6. The number of hydrogen-bond donors (Lipinski definition) is 1. The fraction of sp³-hybridized carbons (Fsp3) is 0.567. The SMILES string of the molecule is CCC(CC)N1CCC2(CCN(C(=O)c3ccc(Cn4ccnc4CN(C)Cc4ncc[nH]4)cc3)C2)CC1. The number of H-pyrrole nitrogens is 1. The molecule has 8 nitrogen and oxygen atoms in total. The number of imidazole rings is 2. The summed E-state index contributed by atoms with van der Waals surface area (Å²) in [6.45, 7) is 11.0. The number of aromatic amines is 1. The van der Waals surface area contributed by atoms with Gasteiger partial charge in [-0.05, 0) is 75.4 Å². The molecule has 5 rings (SSSR count). The van der Waals surface area contributed by atoms with Crippen LogP contribution in [0.5, 0.6) is 0 Å². The first-order valence-electron chi connectivity index (χ1n) is 14.3. The first kappa shape index (κ1) is 26.6. The first-order chi connectivity index (χ1) is 18.5. The van der Waals surface area contributed by atoms with Gasteiger partial charge in [0.2, 0.25) is 0 Å². The molecule has 2 fully saturated rings. The van der Waals surface area contributed by atoms with E-state index in [1.807, 2.05) is 30.7 Å². The Hall–Kier alpha value is -2.97. The maximum atomic E-state index is 13.4. The number of carbonyl (C=O) groups is 1. The van der Waals surface area contributed by atoms with Crippen molar-refractivity contribution >= 4 is 5.91 Å². The van der Waals surface area contributed by atoms with Crippen LogP contribution in [0.15, 0.2) is 49.1 Å². The van der Waals surface area contributed by atoms with Crippen molar-refractivity contribution in [2.75, 3.05) is 33.2 Å². The van der Waals surface area contributed by atoms with Gasteiger partial charge in [-0.3, -0.25) is 9.69 Å².